The van der Waals surface area contributed by atoms with E-state index in [2.05, 4.69) is 15.5 Å². The largest absolute Gasteiger partial charge is 0.349 e. The van der Waals surface area contributed by atoms with E-state index in [1.807, 2.05) is 12.4 Å². The van der Waals surface area contributed by atoms with Gasteiger partial charge in [-0.25, -0.2) is 13.2 Å². The predicted molar refractivity (Wildman–Crippen MR) is 174 cm³/mol. The van der Waals surface area contributed by atoms with Gasteiger partial charge in [-0.15, -0.1) is 0 Å². The maximum Gasteiger partial charge on any atom is 0.349 e. The van der Waals surface area contributed by atoms with Crippen LogP contribution in [0.15, 0.2) is 42.5 Å². The van der Waals surface area contributed by atoms with E-state index in [0.29, 0.717) is 31.7 Å². The van der Waals surface area contributed by atoms with Crippen LogP contribution in [0.3, 0.4) is 0 Å². The third kappa shape index (κ3) is 9.15. The molecular formula is C35H41F5N6O4. The molecule has 1 saturated carbocycles. The summed E-state index contributed by atoms with van der Waals surface area (Å²) in [5.74, 6) is -13.5. The van der Waals surface area contributed by atoms with Crippen molar-refractivity contribution >= 4 is 29.3 Å². The Kier molecular flexibility index (Phi) is 12.2. The zero-order chi connectivity index (χ0) is 36.8. The molecule has 2 aromatic rings. The summed E-state index contributed by atoms with van der Waals surface area (Å²) >= 11 is 0. The lowest BCUT2D eigenvalue weighted by Gasteiger charge is -2.36. The zero-order valence-electron chi connectivity index (χ0n) is 28.1. The Balaban J connectivity index is 1.55. The quantitative estimate of drug-likeness (QED) is 0.295. The van der Waals surface area contributed by atoms with Crippen molar-refractivity contribution < 1.29 is 41.1 Å². The fraction of sp³-hybridized carbons (Fsp3) is 0.514. The first-order chi connectivity index (χ1) is 23.6. The van der Waals surface area contributed by atoms with Crippen molar-refractivity contribution in [3.05, 3.63) is 65.0 Å². The Labute approximate surface area is 287 Å². The number of benzene rings is 2. The molecule has 50 heavy (non-hydrogen) atoms. The summed E-state index contributed by atoms with van der Waals surface area (Å²) in [4.78, 5) is 56.0. The molecule has 4 amide bonds. The number of nitriles is 1. The Morgan fingerprint density at radius 3 is 2.28 bits per heavy atom. The van der Waals surface area contributed by atoms with Gasteiger partial charge < -0.3 is 25.8 Å². The molecule has 3 unspecified atom stereocenters. The van der Waals surface area contributed by atoms with Crippen molar-refractivity contribution in [1.29, 1.82) is 5.26 Å². The van der Waals surface area contributed by atoms with Gasteiger partial charge in [-0.05, 0) is 55.6 Å². The molecular weight excluding hydrogens is 663 g/mol. The molecule has 1 aliphatic heterocycles. The van der Waals surface area contributed by atoms with Crippen LogP contribution in [0.25, 0.3) is 0 Å². The highest BCUT2D eigenvalue weighted by Gasteiger charge is 2.46. The van der Waals surface area contributed by atoms with Crippen LogP contribution in [0.2, 0.25) is 0 Å². The van der Waals surface area contributed by atoms with Crippen molar-refractivity contribution in [1.82, 2.24) is 20.4 Å². The number of rotatable bonds is 11. The number of nitrogens with zero attached hydrogens (tertiary/aromatic N) is 3. The average Bonchev–Trinajstić information content (AvgIpc) is 3.10. The summed E-state index contributed by atoms with van der Waals surface area (Å²) in [5.41, 5.74) is -0.990. The number of carbonyl (C=O) groups is 4. The lowest BCUT2D eigenvalue weighted by molar-refractivity contribution is -0.150. The van der Waals surface area contributed by atoms with E-state index in [0.717, 1.165) is 24.3 Å². The van der Waals surface area contributed by atoms with Gasteiger partial charge in [-0.2, -0.15) is 14.0 Å². The Morgan fingerprint density at radius 1 is 1.02 bits per heavy atom. The van der Waals surface area contributed by atoms with Crippen LogP contribution in [-0.4, -0.2) is 84.7 Å². The van der Waals surface area contributed by atoms with Crippen LogP contribution < -0.4 is 16.0 Å². The summed E-state index contributed by atoms with van der Waals surface area (Å²) in [7, 11) is 1.93. The molecule has 1 heterocycles. The van der Waals surface area contributed by atoms with E-state index < -0.39 is 71.8 Å². The van der Waals surface area contributed by atoms with Gasteiger partial charge in [0.2, 0.25) is 23.6 Å². The van der Waals surface area contributed by atoms with Gasteiger partial charge in [-0.1, -0.05) is 32.0 Å². The second-order valence-corrected chi connectivity index (χ2v) is 13.0. The first-order valence-electron chi connectivity index (χ1n) is 16.5. The van der Waals surface area contributed by atoms with E-state index in [1.165, 1.54) is 18.2 Å². The Morgan fingerprint density at radius 2 is 1.68 bits per heavy atom. The number of alkyl halides is 4. The summed E-state index contributed by atoms with van der Waals surface area (Å²) < 4.78 is 74.1. The topological polar surface area (TPSA) is 135 Å². The summed E-state index contributed by atoms with van der Waals surface area (Å²) in [6.07, 6.45) is -1.70. The van der Waals surface area contributed by atoms with Gasteiger partial charge in [0.1, 0.15) is 17.9 Å². The van der Waals surface area contributed by atoms with E-state index in [4.69, 9.17) is 5.26 Å². The number of hydrogen-bond acceptors (Lipinski definition) is 6. The SMILES string of the molecule is CCC(=O)NC(C(=O)N1CCN(C)CC1)C(C)c1ccc(NC(=O)C(NC(=O)C(F)(F)c2cccc(C#N)c2)C2CCC(F)(F)CC2)c(F)c1. The zero-order valence-corrected chi connectivity index (χ0v) is 28.1. The molecule has 15 heteroatoms. The van der Waals surface area contributed by atoms with Crippen molar-refractivity contribution in [2.24, 2.45) is 5.92 Å². The Hall–Kier alpha value is -4.58. The van der Waals surface area contributed by atoms with Crippen LogP contribution in [0.4, 0.5) is 27.6 Å². The minimum atomic E-state index is -4.20. The normalized spacial score (nSPS) is 18.7. The molecule has 270 valence electrons. The summed E-state index contributed by atoms with van der Waals surface area (Å²) in [6.45, 7) is 5.49. The second-order valence-electron chi connectivity index (χ2n) is 13.0. The number of anilines is 1. The molecule has 3 atom stereocenters. The number of nitrogens with one attached hydrogen (secondary N) is 3. The van der Waals surface area contributed by atoms with Crippen molar-refractivity contribution in [3.63, 3.8) is 0 Å². The highest BCUT2D eigenvalue weighted by molar-refractivity contribution is 5.98. The molecule has 0 bridgehead atoms. The third-order valence-electron chi connectivity index (χ3n) is 9.44. The van der Waals surface area contributed by atoms with Crippen LogP contribution in [0.1, 0.15) is 68.6 Å². The average molecular weight is 705 g/mol. The molecule has 10 nitrogen and oxygen atoms in total. The van der Waals surface area contributed by atoms with Crippen LogP contribution >= 0.6 is 0 Å². The molecule has 0 spiro atoms. The number of piperazine rings is 1. The predicted octanol–water partition coefficient (Wildman–Crippen LogP) is 4.51. The molecule has 0 aromatic heterocycles. The second kappa shape index (κ2) is 16.0. The first-order valence-corrected chi connectivity index (χ1v) is 16.5. The number of carbonyl (C=O) groups excluding carboxylic acids is 4. The molecule has 4 rings (SSSR count). The molecule has 0 radical (unpaired) electrons. The molecule has 2 aliphatic rings. The van der Waals surface area contributed by atoms with E-state index in [-0.39, 0.29) is 42.3 Å². The van der Waals surface area contributed by atoms with Gasteiger partial charge >= 0.3 is 5.92 Å². The van der Waals surface area contributed by atoms with Crippen molar-refractivity contribution in [3.8, 4) is 6.07 Å². The van der Waals surface area contributed by atoms with Crippen LogP contribution in [0, 0.1) is 23.1 Å². The smallest absolute Gasteiger partial charge is 0.344 e. The molecule has 1 saturated heterocycles. The summed E-state index contributed by atoms with van der Waals surface area (Å²) in [5, 5.41) is 16.1. The number of amides is 4. The molecule has 2 aromatic carbocycles. The third-order valence-corrected chi connectivity index (χ3v) is 9.44. The fourth-order valence-corrected chi connectivity index (χ4v) is 6.16. The van der Waals surface area contributed by atoms with E-state index in [1.54, 1.807) is 24.8 Å². The van der Waals surface area contributed by atoms with Crippen molar-refractivity contribution in [2.45, 2.75) is 75.8 Å². The monoisotopic (exact) mass is 704 g/mol. The number of halogens is 5. The number of hydrogen-bond donors (Lipinski definition) is 3. The van der Waals surface area contributed by atoms with Gasteiger partial charge in [0.05, 0.1) is 17.3 Å². The highest BCUT2D eigenvalue weighted by Crippen LogP contribution is 2.38. The maximum atomic E-state index is 15.6. The highest BCUT2D eigenvalue weighted by atomic mass is 19.3. The molecule has 2 fully saturated rings. The first kappa shape index (κ1) is 38.2. The fourth-order valence-electron chi connectivity index (χ4n) is 6.16. The van der Waals surface area contributed by atoms with Gasteiger partial charge in [0.25, 0.3) is 5.91 Å². The van der Waals surface area contributed by atoms with Crippen molar-refractivity contribution in [2.75, 3.05) is 38.5 Å². The lowest BCUT2D eigenvalue weighted by atomic mass is 9.81. The minimum Gasteiger partial charge on any atom is -0.344 e. The van der Waals surface area contributed by atoms with E-state index in [9.17, 15) is 28.0 Å². The van der Waals surface area contributed by atoms with Crippen LogP contribution in [0.5, 0.6) is 0 Å². The number of likely N-dealkylation sites (N-methyl/N-ethyl adjacent to an activating group) is 1. The van der Waals surface area contributed by atoms with Gasteiger partial charge in [-0.3, -0.25) is 19.2 Å². The summed E-state index contributed by atoms with van der Waals surface area (Å²) in [6, 6.07) is 6.88. The van der Waals surface area contributed by atoms with Gasteiger partial charge in [0.15, 0.2) is 0 Å². The van der Waals surface area contributed by atoms with E-state index >= 15 is 13.2 Å². The molecule has 3 N–H and O–H groups in total. The Bertz CT molecular complexity index is 1610. The minimum absolute atomic E-state index is 0.118. The molecule has 1 aliphatic carbocycles. The van der Waals surface area contributed by atoms with Gasteiger partial charge in [0, 0.05) is 56.9 Å². The maximum absolute atomic E-state index is 15.6. The lowest BCUT2D eigenvalue weighted by Crippen LogP contribution is -2.55. The van der Waals surface area contributed by atoms with Crippen LogP contribution in [-0.2, 0) is 25.1 Å². The standard InChI is InChI=1S/C35H41F5N6O4/c1-4-28(47)43-29(32(49)46-16-14-45(3)15-17-46)21(2)24-8-9-27(26(36)19-24)42-31(48)30(23-10-12-34(37,38)13-11-23)44-33(50)35(39,40)25-7-5-6-22(18-25)20-41/h5-9,18-19,21,23,29-30H,4,10-17H2,1-3H3,(H,42,48)(H,43,47)(H,44,50).